The number of carbonyl (C=O) groups is 4. The van der Waals surface area contributed by atoms with Gasteiger partial charge < -0.3 is 33.8 Å². The second-order valence-electron chi connectivity index (χ2n) is 32.6. The third-order valence-electron chi connectivity index (χ3n) is 20.7. The van der Waals surface area contributed by atoms with Gasteiger partial charge in [-0.25, -0.2) is 9.13 Å². The molecule has 0 saturated heterocycles. The Kier molecular flexibility index (Phi) is 77.9. The number of esters is 4. The Balaban J connectivity index is 5.25. The number of phosphoric acid groups is 2. The molecule has 0 spiro atoms. The van der Waals surface area contributed by atoms with Gasteiger partial charge in [-0.2, -0.15) is 0 Å². The van der Waals surface area contributed by atoms with Gasteiger partial charge in [0.2, 0.25) is 0 Å². The number of unbranched alkanes of at least 4 members (excludes halogenated alkanes) is 57. The average molecular weight is 1560 g/mol. The Morgan fingerprint density at radius 3 is 0.636 bits per heavy atom. The van der Waals surface area contributed by atoms with E-state index >= 15 is 0 Å². The van der Waals surface area contributed by atoms with E-state index in [0.717, 1.165) is 102 Å². The Bertz CT molecular complexity index is 2050. The first-order chi connectivity index (χ1) is 51.9. The summed E-state index contributed by atoms with van der Waals surface area (Å²) in [5.74, 6) is -0.519. The zero-order valence-electron chi connectivity index (χ0n) is 70.5. The minimum absolute atomic E-state index is 0.108. The molecule has 0 bridgehead atoms. The van der Waals surface area contributed by atoms with Crippen LogP contribution in [0.3, 0.4) is 0 Å². The molecule has 0 aliphatic carbocycles. The molecule has 2 unspecified atom stereocenters. The van der Waals surface area contributed by atoms with Crippen LogP contribution in [0.5, 0.6) is 0 Å². The molecule has 0 amide bonds. The van der Waals surface area contributed by atoms with Gasteiger partial charge in [0.25, 0.3) is 0 Å². The summed E-state index contributed by atoms with van der Waals surface area (Å²) < 4.78 is 69.0. The normalized spacial score (nSPS) is 13.8. The fourth-order valence-corrected chi connectivity index (χ4v) is 15.4. The predicted octanol–water partition coefficient (Wildman–Crippen LogP) is 27.0. The zero-order chi connectivity index (χ0) is 78.5. The van der Waals surface area contributed by atoms with Gasteiger partial charge in [-0.15, -0.1) is 0 Å². The van der Waals surface area contributed by atoms with Crippen molar-refractivity contribution in [3.8, 4) is 0 Å². The fourth-order valence-electron chi connectivity index (χ4n) is 13.8. The molecule has 0 aliphatic heterocycles. The van der Waals surface area contributed by atoms with Crippen LogP contribution in [-0.4, -0.2) is 96.7 Å². The van der Waals surface area contributed by atoms with Crippen molar-refractivity contribution in [2.75, 3.05) is 39.6 Å². The highest BCUT2D eigenvalue weighted by atomic mass is 31.2. The van der Waals surface area contributed by atoms with Crippen molar-refractivity contribution in [1.29, 1.82) is 0 Å². The Morgan fingerprint density at radius 1 is 0.252 bits per heavy atom. The molecule has 0 aromatic rings. The number of carbonyl (C=O) groups excluding carboxylic acids is 4. The SMILES string of the molecule is CCCCCCCCCCCCCCCCCCCCCC(=O)OC[C@H](COP(=O)(O)OC[C@@H](O)COP(=O)(O)OC[C@@H](COC(=O)CCCCCCCCCCCCC(C)C)OC(=O)CCCCCCCCCCCCCCCC)OC(=O)CCCCCCCCCCCCCCCCCCCCC(C)C. The summed E-state index contributed by atoms with van der Waals surface area (Å²) in [4.78, 5) is 73.3. The highest BCUT2D eigenvalue weighted by Gasteiger charge is 2.30. The maximum Gasteiger partial charge on any atom is 0.472 e. The van der Waals surface area contributed by atoms with Crippen LogP contribution in [0.15, 0.2) is 0 Å². The molecule has 0 fully saturated rings. The first kappa shape index (κ1) is 105. The molecule has 0 aromatic heterocycles. The molecule has 0 rings (SSSR count). The van der Waals surface area contributed by atoms with Crippen molar-refractivity contribution in [2.45, 2.75) is 490 Å². The summed E-state index contributed by atoms with van der Waals surface area (Å²) in [6, 6.07) is 0. The van der Waals surface area contributed by atoms with Gasteiger partial charge in [-0.3, -0.25) is 37.3 Å². The van der Waals surface area contributed by atoms with E-state index in [4.69, 9.17) is 37.0 Å². The number of aliphatic hydroxyl groups excluding tert-OH is 1. The number of hydrogen-bond donors (Lipinski definition) is 3. The van der Waals surface area contributed by atoms with Crippen LogP contribution in [0.2, 0.25) is 0 Å². The van der Waals surface area contributed by atoms with Gasteiger partial charge in [0.15, 0.2) is 12.2 Å². The van der Waals surface area contributed by atoms with E-state index in [1.165, 1.54) is 289 Å². The van der Waals surface area contributed by atoms with Crippen LogP contribution in [-0.2, 0) is 65.4 Å². The molecule has 636 valence electrons. The number of phosphoric ester groups is 2. The highest BCUT2D eigenvalue weighted by molar-refractivity contribution is 7.47. The quantitative estimate of drug-likeness (QED) is 0.0222. The minimum atomic E-state index is -4.97. The number of rotatable bonds is 87. The molecule has 5 atom stereocenters. The fraction of sp³-hybridized carbons (Fsp3) is 0.955. The summed E-state index contributed by atoms with van der Waals surface area (Å²) in [5, 5.41) is 10.7. The summed E-state index contributed by atoms with van der Waals surface area (Å²) in [7, 11) is -9.93. The first-order valence-electron chi connectivity index (χ1n) is 45.5. The summed E-state index contributed by atoms with van der Waals surface area (Å²) in [5.41, 5.74) is 0. The van der Waals surface area contributed by atoms with Crippen LogP contribution in [0.4, 0.5) is 0 Å². The molecule has 19 heteroatoms. The molecule has 0 saturated carbocycles. The van der Waals surface area contributed by atoms with Crippen molar-refractivity contribution in [1.82, 2.24) is 0 Å². The average Bonchev–Trinajstić information content (AvgIpc) is 0.935. The van der Waals surface area contributed by atoms with E-state index in [1.54, 1.807) is 0 Å². The zero-order valence-corrected chi connectivity index (χ0v) is 72.2. The third-order valence-corrected chi connectivity index (χ3v) is 22.6. The lowest BCUT2D eigenvalue weighted by Crippen LogP contribution is -2.30. The molecular formula is C88H172O17P2. The van der Waals surface area contributed by atoms with Crippen molar-refractivity contribution in [3.05, 3.63) is 0 Å². The van der Waals surface area contributed by atoms with E-state index in [1.807, 2.05) is 0 Å². The maximum absolute atomic E-state index is 13.2. The lowest BCUT2D eigenvalue weighted by molar-refractivity contribution is -0.161. The van der Waals surface area contributed by atoms with Gasteiger partial charge in [0.05, 0.1) is 26.4 Å². The van der Waals surface area contributed by atoms with Gasteiger partial charge in [-0.05, 0) is 37.5 Å². The second-order valence-corrected chi connectivity index (χ2v) is 35.5. The highest BCUT2D eigenvalue weighted by Crippen LogP contribution is 2.45. The summed E-state index contributed by atoms with van der Waals surface area (Å²) >= 11 is 0. The number of aliphatic hydroxyl groups is 1. The van der Waals surface area contributed by atoms with E-state index in [9.17, 15) is 43.2 Å². The van der Waals surface area contributed by atoms with Gasteiger partial charge in [0, 0.05) is 25.7 Å². The smallest absolute Gasteiger partial charge is 0.462 e. The van der Waals surface area contributed by atoms with Gasteiger partial charge in [-0.1, -0.05) is 420 Å². The van der Waals surface area contributed by atoms with Crippen LogP contribution in [0.25, 0.3) is 0 Å². The molecule has 17 nitrogen and oxygen atoms in total. The Labute approximate surface area is 658 Å². The van der Waals surface area contributed by atoms with Crippen molar-refractivity contribution >= 4 is 39.5 Å². The van der Waals surface area contributed by atoms with E-state index in [-0.39, 0.29) is 25.7 Å². The molecule has 0 heterocycles. The minimum Gasteiger partial charge on any atom is -0.462 e. The molecular weight excluding hydrogens is 1390 g/mol. The van der Waals surface area contributed by atoms with Crippen LogP contribution >= 0.6 is 15.6 Å². The van der Waals surface area contributed by atoms with Crippen molar-refractivity contribution in [2.24, 2.45) is 11.8 Å². The Hall–Kier alpha value is -1.94. The summed E-state index contributed by atoms with van der Waals surface area (Å²) in [6.07, 6.45) is 72.2. The third kappa shape index (κ3) is 81.9. The van der Waals surface area contributed by atoms with Crippen molar-refractivity contribution < 1.29 is 80.2 Å². The topological polar surface area (TPSA) is 237 Å². The first-order valence-corrected chi connectivity index (χ1v) is 48.5. The molecule has 0 radical (unpaired) electrons. The van der Waals surface area contributed by atoms with Crippen LogP contribution in [0, 0.1) is 11.8 Å². The second kappa shape index (κ2) is 79.3. The Morgan fingerprint density at radius 2 is 0.430 bits per heavy atom. The number of ether oxygens (including phenoxy) is 4. The van der Waals surface area contributed by atoms with Crippen LogP contribution in [0.1, 0.15) is 472 Å². The standard InChI is InChI=1S/C88H172O17P2/c1-7-9-11-13-15-17-19-21-23-24-25-29-32-36-39-46-52-58-64-70-85(90)98-76-83(104-88(93)73-67-61-55-49-41-37-33-30-27-26-28-31-34-38-44-50-56-62-68-80(3)4)78-102-106(94,95)100-74-82(89)75-101-107(96,97)103-79-84(77-99-86(91)71-65-59-53-47-43-42-45-51-57-63-69-81(5)6)105-87(92)72-66-60-54-48-40-35-22-20-18-16-14-12-10-8-2/h80-84,89H,7-79H2,1-6H3,(H,94,95)(H,96,97)/t82-,83-,84-/m1/s1. The molecule has 0 aromatic carbocycles. The van der Waals surface area contributed by atoms with Crippen LogP contribution < -0.4 is 0 Å². The van der Waals surface area contributed by atoms with Gasteiger partial charge in [0.1, 0.15) is 19.3 Å². The lowest BCUT2D eigenvalue weighted by atomic mass is 10.0. The molecule has 3 N–H and O–H groups in total. The predicted molar refractivity (Wildman–Crippen MR) is 442 cm³/mol. The van der Waals surface area contributed by atoms with E-state index in [0.29, 0.717) is 25.7 Å². The number of hydrogen-bond acceptors (Lipinski definition) is 15. The summed E-state index contributed by atoms with van der Waals surface area (Å²) in [6.45, 7) is 9.72. The van der Waals surface area contributed by atoms with E-state index in [2.05, 4.69) is 41.5 Å². The maximum atomic E-state index is 13.2. The van der Waals surface area contributed by atoms with Crippen molar-refractivity contribution in [3.63, 3.8) is 0 Å². The largest absolute Gasteiger partial charge is 0.472 e. The monoisotopic (exact) mass is 1560 g/mol. The molecule has 0 aliphatic rings. The van der Waals surface area contributed by atoms with Gasteiger partial charge >= 0.3 is 39.5 Å². The molecule has 107 heavy (non-hydrogen) atoms. The van der Waals surface area contributed by atoms with E-state index < -0.39 is 97.5 Å². The lowest BCUT2D eigenvalue weighted by Gasteiger charge is -2.21.